The van der Waals surface area contributed by atoms with E-state index in [1.54, 1.807) is 0 Å². The van der Waals surface area contributed by atoms with Gasteiger partial charge >= 0.3 is 0 Å². The Morgan fingerprint density at radius 1 is 1.35 bits per heavy atom. The van der Waals surface area contributed by atoms with E-state index in [0.29, 0.717) is 13.2 Å². The molecule has 0 aromatic heterocycles. The SMILES string of the molecule is Cc1ccc(Br)cc1C(=O)N1CCCOCC1. The smallest absolute Gasteiger partial charge is 0.254 e. The number of halogens is 1. The van der Waals surface area contributed by atoms with Crippen LogP contribution in [0.3, 0.4) is 0 Å². The summed E-state index contributed by atoms with van der Waals surface area (Å²) in [6.07, 6.45) is 0.915. The molecule has 1 aromatic carbocycles. The second-order valence-corrected chi connectivity index (χ2v) is 5.13. The topological polar surface area (TPSA) is 29.5 Å². The van der Waals surface area contributed by atoms with E-state index in [2.05, 4.69) is 15.9 Å². The highest BCUT2D eigenvalue weighted by molar-refractivity contribution is 9.10. The molecule has 0 bridgehead atoms. The Morgan fingerprint density at radius 2 is 2.18 bits per heavy atom. The predicted molar refractivity (Wildman–Crippen MR) is 70.2 cm³/mol. The number of carbonyl (C=O) groups is 1. The zero-order chi connectivity index (χ0) is 12.3. The fourth-order valence-corrected chi connectivity index (χ4v) is 2.31. The van der Waals surface area contributed by atoms with Crippen molar-refractivity contribution < 1.29 is 9.53 Å². The minimum Gasteiger partial charge on any atom is -0.380 e. The Balaban J connectivity index is 2.20. The van der Waals surface area contributed by atoms with Gasteiger partial charge in [0, 0.05) is 29.7 Å². The molecule has 1 saturated heterocycles. The lowest BCUT2D eigenvalue weighted by Crippen LogP contribution is -2.33. The van der Waals surface area contributed by atoms with Gasteiger partial charge < -0.3 is 9.64 Å². The highest BCUT2D eigenvalue weighted by atomic mass is 79.9. The normalized spacial score (nSPS) is 16.7. The van der Waals surface area contributed by atoms with Crippen molar-refractivity contribution in [1.82, 2.24) is 4.90 Å². The molecular weight excluding hydrogens is 282 g/mol. The van der Waals surface area contributed by atoms with Gasteiger partial charge in [0.1, 0.15) is 0 Å². The number of benzene rings is 1. The second kappa shape index (κ2) is 5.65. The minimum atomic E-state index is 0.106. The molecule has 1 fully saturated rings. The van der Waals surface area contributed by atoms with Gasteiger partial charge in [0.15, 0.2) is 0 Å². The van der Waals surface area contributed by atoms with E-state index in [-0.39, 0.29) is 5.91 Å². The predicted octanol–water partition coefficient (Wildman–Crippen LogP) is 2.62. The van der Waals surface area contributed by atoms with Gasteiger partial charge in [0.25, 0.3) is 5.91 Å². The molecule has 1 amide bonds. The van der Waals surface area contributed by atoms with Crippen LogP contribution in [-0.2, 0) is 4.74 Å². The zero-order valence-corrected chi connectivity index (χ0v) is 11.5. The molecule has 1 aliphatic rings. The molecule has 0 aliphatic carbocycles. The van der Waals surface area contributed by atoms with Gasteiger partial charge in [-0.2, -0.15) is 0 Å². The number of aryl methyl sites for hydroxylation is 1. The molecule has 1 aliphatic heterocycles. The van der Waals surface area contributed by atoms with E-state index in [4.69, 9.17) is 4.74 Å². The fourth-order valence-electron chi connectivity index (χ4n) is 1.94. The lowest BCUT2D eigenvalue weighted by Gasteiger charge is -2.20. The molecule has 4 heteroatoms. The molecule has 0 atom stereocenters. The molecule has 0 N–H and O–H groups in total. The quantitative estimate of drug-likeness (QED) is 0.797. The van der Waals surface area contributed by atoms with Crippen LogP contribution in [0.2, 0.25) is 0 Å². The van der Waals surface area contributed by atoms with Crippen molar-refractivity contribution in [3.63, 3.8) is 0 Å². The molecule has 17 heavy (non-hydrogen) atoms. The molecule has 0 unspecified atom stereocenters. The van der Waals surface area contributed by atoms with Crippen molar-refractivity contribution in [2.75, 3.05) is 26.3 Å². The summed E-state index contributed by atoms with van der Waals surface area (Å²) in [6.45, 7) is 4.82. The maximum Gasteiger partial charge on any atom is 0.254 e. The third-order valence-electron chi connectivity index (χ3n) is 2.94. The standard InChI is InChI=1S/C13H16BrNO2/c1-10-3-4-11(14)9-12(10)13(16)15-5-2-7-17-8-6-15/h3-4,9H,2,5-8H2,1H3. The van der Waals surface area contributed by atoms with Crippen LogP contribution < -0.4 is 0 Å². The number of amides is 1. The summed E-state index contributed by atoms with van der Waals surface area (Å²) in [5, 5.41) is 0. The Kier molecular flexibility index (Phi) is 4.18. The van der Waals surface area contributed by atoms with Crippen LogP contribution in [0, 0.1) is 6.92 Å². The monoisotopic (exact) mass is 297 g/mol. The Bertz CT molecular complexity index is 412. The zero-order valence-electron chi connectivity index (χ0n) is 9.91. The molecule has 0 radical (unpaired) electrons. The lowest BCUT2D eigenvalue weighted by molar-refractivity contribution is 0.0740. The molecule has 1 aromatic rings. The number of rotatable bonds is 1. The number of carbonyl (C=O) groups excluding carboxylic acids is 1. The third-order valence-corrected chi connectivity index (χ3v) is 3.43. The largest absolute Gasteiger partial charge is 0.380 e. The highest BCUT2D eigenvalue weighted by Crippen LogP contribution is 2.18. The van der Waals surface area contributed by atoms with Gasteiger partial charge in [-0.1, -0.05) is 22.0 Å². The summed E-state index contributed by atoms with van der Waals surface area (Å²) >= 11 is 3.41. The Hall–Kier alpha value is -0.870. The fraction of sp³-hybridized carbons (Fsp3) is 0.462. The van der Waals surface area contributed by atoms with Crippen LogP contribution in [0.1, 0.15) is 22.3 Å². The maximum atomic E-state index is 12.4. The van der Waals surface area contributed by atoms with Crippen molar-refractivity contribution >= 4 is 21.8 Å². The molecule has 1 heterocycles. The van der Waals surface area contributed by atoms with E-state index >= 15 is 0 Å². The number of ether oxygens (including phenoxy) is 1. The first-order chi connectivity index (χ1) is 8.18. The number of hydrogen-bond acceptors (Lipinski definition) is 2. The van der Waals surface area contributed by atoms with Gasteiger partial charge in [-0.3, -0.25) is 4.79 Å². The number of hydrogen-bond donors (Lipinski definition) is 0. The second-order valence-electron chi connectivity index (χ2n) is 4.22. The van der Waals surface area contributed by atoms with Gasteiger partial charge in [-0.25, -0.2) is 0 Å². The molecule has 3 nitrogen and oxygen atoms in total. The maximum absolute atomic E-state index is 12.4. The Morgan fingerprint density at radius 3 is 3.00 bits per heavy atom. The minimum absolute atomic E-state index is 0.106. The average molecular weight is 298 g/mol. The third kappa shape index (κ3) is 3.07. The molecule has 0 saturated carbocycles. The summed E-state index contributed by atoms with van der Waals surface area (Å²) in [4.78, 5) is 14.3. The summed E-state index contributed by atoms with van der Waals surface area (Å²) in [5.74, 6) is 0.106. The summed E-state index contributed by atoms with van der Waals surface area (Å²) in [6, 6.07) is 5.81. The van der Waals surface area contributed by atoms with Crippen LogP contribution in [0.4, 0.5) is 0 Å². The molecular formula is C13H16BrNO2. The van der Waals surface area contributed by atoms with Crippen molar-refractivity contribution in [2.45, 2.75) is 13.3 Å². The van der Waals surface area contributed by atoms with E-state index in [9.17, 15) is 4.79 Å². The van der Waals surface area contributed by atoms with E-state index in [1.165, 1.54) is 0 Å². The first-order valence-corrected chi connectivity index (χ1v) is 6.61. The summed E-state index contributed by atoms with van der Waals surface area (Å²) < 4.78 is 6.30. The first kappa shape index (κ1) is 12.6. The van der Waals surface area contributed by atoms with Gasteiger partial charge in [0.05, 0.1) is 6.61 Å². The van der Waals surface area contributed by atoms with Crippen molar-refractivity contribution in [1.29, 1.82) is 0 Å². The van der Waals surface area contributed by atoms with Crippen molar-refractivity contribution in [3.8, 4) is 0 Å². The van der Waals surface area contributed by atoms with Crippen LogP contribution in [0.25, 0.3) is 0 Å². The van der Waals surface area contributed by atoms with Crippen LogP contribution >= 0.6 is 15.9 Å². The van der Waals surface area contributed by atoms with E-state index in [1.807, 2.05) is 30.0 Å². The first-order valence-electron chi connectivity index (χ1n) is 5.81. The van der Waals surface area contributed by atoms with Crippen molar-refractivity contribution in [2.24, 2.45) is 0 Å². The van der Waals surface area contributed by atoms with Crippen LogP contribution in [0.15, 0.2) is 22.7 Å². The number of nitrogens with zero attached hydrogens (tertiary/aromatic N) is 1. The molecule has 92 valence electrons. The van der Waals surface area contributed by atoms with Crippen LogP contribution in [0.5, 0.6) is 0 Å². The lowest BCUT2D eigenvalue weighted by atomic mass is 10.1. The van der Waals surface area contributed by atoms with E-state index in [0.717, 1.165) is 35.2 Å². The van der Waals surface area contributed by atoms with Gasteiger partial charge in [-0.15, -0.1) is 0 Å². The van der Waals surface area contributed by atoms with Crippen molar-refractivity contribution in [3.05, 3.63) is 33.8 Å². The average Bonchev–Trinajstić information content (AvgIpc) is 2.60. The summed E-state index contributed by atoms with van der Waals surface area (Å²) in [5.41, 5.74) is 1.80. The van der Waals surface area contributed by atoms with Gasteiger partial charge in [-0.05, 0) is 31.0 Å². The highest BCUT2D eigenvalue weighted by Gasteiger charge is 2.19. The molecule has 0 spiro atoms. The molecule has 2 rings (SSSR count). The Labute approximate surface area is 110 Å². The van der Waals surface area contributed by atoms with E-state index < -0.39 is 0 Å². The van der Waals surface area contributed by atoms with Gasteiger partial charge in [0.2, 0.25) is 0 Å². The van der Waals surface area contributed by atoms with Crippen LogP contribution in [-0.4, -0.2) is 37.1 Å². The summed E-state index contributed by atoms with van der Waals surface area (Å²) in [7, 11) is 0.